The number of hydrogen-bond acceptors (Lipinski definition) is 5. The molecule has 1 unspecified atom stereocenters. The van der Waals surface area contributed by atoms with E-state index in [1.165, 1.54) is 4.90 Å². The van der Waals surface area contributed by atoms with Crippen molar-refractivity contribution in [3.63, 3.8) is 0 Å². The number of carbonyl (C=O) groups is 2. The Morgan fingerprint density at radius 2 is 1.88 bits per heavy atom. The molecule has 0 aliphatic heterocycles. The summed E-state index contributed by atoms with van der Waals surface area (Å²) in [6.45, 7) is 5.58. The van der Waals surface area contributed by atoms with E-state index in [0.717, 1.165) is 32.6 Å². The second-order valence-electron chi connectivity index (χ2n) is 8.04. The minimum absolute atomic E-state index is 0.119. The number of nitrogens with one attached hydrogen (secondary N) is 1. The summed E-state index contributed by atoms with van der Waals surface area (Å²) >= 11 is 3.41. The van der Waals surface area contributed by atoms with Gasteiger partial charge < -0.3 is 15.0 Å². The molecule has 2 amide bonds. The number of aryl methyl sites for hydroxylation is 1. The van der Waals surface area contributed by atoms with Crippen LogP contribution in [-0.2, 0) is 26.2 Å². The predicted octanol–water partition coefficient (Wildman–Crippen LogP) is 3.48. The highest BCUT2D eigenvalue weighted by Gasteiger charge is 2.30. The number of sulfonamides is 1. The van der Waals surface area contributed by atoms with E-state index in [1.54, 1.807) is 50.4 Å². The number of amides is 2. The first-order valence-electron chi connectivity index (χ1n) is 10.9. The van der Waals surface area contributed by atoms with Crippen LogP contribution in [0.1, 0.15) is 31.4 Å². The standard InChI is InChI=1S/C24H32BrN3O5S/c1-6-12-26-24(30)18(3)27(15-19-8-7-9-21(14-19)33-4)23(29)16-28(34(5,31)32)20-10-11-22(25)17(2)13-20/h7-11,13-14,18H,6,12,15-16H2,1-5H3,(H,26,30). The summed E-state index contributed by atoms with van der Waals surface area (Å²) < 4.78 is 32.4. The summed E-state index contributed by atoms with van der Waals surface area (Å²) in [5.74, 6) is -0.174. The molecule has 0 aliphatic carbocycles. The van der Waals surface area contributed by atoms with Gasteiger partial charge in [-0.15, -0.1) is 0 Å². The Labute approximate surface area is 210 Å². The average Bonchev–Trinajstić information content (AvgIpc) is 2.80. The second kappa shape index (κ2) is 12.2. The fourth-order valence-corrected chi connectivity index (χ4v) is 4.43. The smallest absolute Gasteiger partial charge is 0.244 e. The van der Waals surface area contributed by atoms with Crippen molar-refractivity contribution in [3.05, 3.63) is 58.1 Å². The van der Waals surface area contributed by atoms with Crippen LogP contribution in [0.4, 0.5) is 5.69 Å². The first kappa shape index (κ1) is 27.7. The minimum atomic E-state index is -3.77. The molecule has 0 heterocycles. The third kappa shape index (κ3) is 7.46. The highest BCUT2D eigenvalue weighted by molar-refractivity contribution is 9.10. The van der Waals surface area contributed by atoms with Crippen LogP contribution in [0.15, 0.2) is 46.9 Å². The fourth-order valence-electron chi connectivity index (χ4n) is 3.34. The van der Waals surface area contributed by atoms with Crippen molar-refractivity contribution >= 4 is 43.5 Å². The van der Waals surface area contributed by atoms with Gasteiger partial charge in [0.2, 0.25) is 21.8 Å². The van der Waals surface area contributed by atoms with Crippen molar-refractivity contribution in [3.8, 4) is 5.75 Å². The Bertz CT molecular complexity index is 1120. The van der Waals surface area contributed by atoms with Gasteiger partial charge in [-0.2, -0.15) is 0 Å². The third-order valence-corrected chi connectivity index (χ3v) is 7.34. The molecule has 0 aromatic heterocycles. The van der Waals surface area contributed by atoms with E-state index in [9.17, 15) is 18.0 Å². The Hall–Kier alpha value is -2.59. The molecule has 0 bridgehead atoms. The molecule has 8 nitrogen and oxygen atoms in total. The number of hydrogen-bond donors (Lipinski definition) is 1. The molecule has 0 aliphatic rings. The van der Waals surface area contributed by atoms with Crippen molar-refractivity contribution < 1.29 is 22.7 Å². The van der Waals surface area contributed by atoms with Crippen molar-refractivity contribution in [1.82, 2.24) is 10.2 Å². The number of ether oxygens (including phenoxy) is 1. The van der Waals surface area contributed by atoms with Gasteiger partial charge in [-0.05, 0) is 61.7 Å². The number of nitrogens with zero attached hydrogens (tertiary/aromatic N) is 2. The second-order valence-corrected chi connectivity index (χ2v) is 10.8. The zero-order valence-corrected chi connectivity index (χ0v) is 22.6. The van der Waals surface area contributed by atoms with Gasteiger partial charge in [-0.25, -0.2) is 8.42 Å². The van der Waals surface area contributed by atoms with E-state index in [2.05, 4.69) is 21.2 Å². The number of carbonyl (C=O) groups excluding carboxylic acids is 2. The number of rotatable bonds is 11. The number of benzene rings is 2. The fraction of sp³-hybridized carbons (Fsp3) is 0.417. The lowest BCUT2D eigenvalue weighted by Gasteiger charge is -2.31. The zero-order chi connectivity index (χ0) is 25.5. The van der Waals surface area contributed by atoms with Gasteiger partial charge in [0.15, 0.2) is 0 Å². The SMILES string of the molecule is CCCNC(=O)C(C)N(Cc1cccc(OC)c1)C(=O)CN(c1ccc(Br)c(C)c1)S(C)(=O)=O. The predicted molar refractivity (Wildman–Crippen MR) is 137 cm³/mol. The van der Waals surface area contributed by atoms with Crippen LogP contribution in [-0.4, -0.2) is 57.6 Å². The molecule has 186 valence electrons. The molecule has 2 rings (SSSR count). The molecule has 0 saturated carbocycles. The van der Waals surface area contributed by atoms with Gasteiger partial charge in [0.1, 0.15) is 18.3 Å². The zero-order valence-electron chi connectivity index (χ0n) is 20.2. The highest BCUT2D eigenvalue weighted by atomic mass is 79.9. The summed E-state index contributed by atoms with van der Waals surface area (Å²) in [6.07, 6.45) is 1.81. The first-order valence-corrected chi connectivity index (χ1v) is 13.6. The molecule has 1 N–H and O–H groups in total. The van der Waals surface area contributed by atoms with Crippen LogP contribution in [0.5, 0.6) is 5.75 Å². The lowest BCUT2D eigenvalue weighted by Crippen LogP contribution is -2.51. The molecular formula is C24H32BrN3O5S. The van der Waals surface area contributed by atoms with Gasteiger partial charge >= 0.3 is 0 Å². The number of anilines is 1. The largest absolute Gasteiger partial charge is 0.497 e. The number of methoxy groups -OCH3 is 1. The molecule has 2 aromatic rings. The van der Waals surface area contributed by atoms with Crippen LogP contribution >= 0.6 is 15.9 Å². The maximum Gasteiger partial charge on any atom is 0.244 e. The summed E-state index contributed by atoms with van der Waals surface area (Å²) in [5.41, 5.74) is 1.97. The van der Waals surface area contributed by atoms with Crippen molar-refractivity contribution in [1.29, 1.82) is 0 Å². The Morgan fingerprint density at radius 1 is 1.18 bits per heavy atom. The summed E-state index contributed by atoms with van der Waals surface area (Å²) in [5, 5.41) is 2.81. The molecule has 0 radical (unpaired) electrons. The van der Waals surface area contributed by atoms with Crippen LogP contribution < -0.4 is 14.4 Å². The molecule has 0 saturated heterocycles. The average molecular weight is 555 g/mol. The minimum Gasteiger partial charge on any atom is -0.497 e. The highest BCUT2D eigenvalue weighted by Crippen LogP contribution is 2.25. The van der Waals surface area contributed by atoms with Gasteiger partial charge in [-0.3, -0.25) is 13.9 Å². The van der Waals surface area contributed by atoms with Gasteiger partial charge in [0, 0.05) is 17.6 Å². The maximum absolute atomic E-state index is 13.5. The molecule has 10 heteroatoms. The van der Waals surface area contributed by atoms with E-state index in [-0.39, 0.29) is 12.5 Å². The van der Waals surface area contributed by atoms with E-state index in [1.807, 2.05) is 19.9 Å². The first-order chi connectivity index (χ1) is 16.0. The van der Waals surface area contributed by atoms with Crippen molar-refractivity contribution in [2.75, 3.05) is 30.8 Å². The summed E-state index contributed by atoms with van der Waals surface area (Å²) in [7, 11) is -2.22. The monoisotopic (exact) mass is 553 g/mol. The van der Waals surface area contributed by atoms with E-state index < -0.39 is 28.5 Å². The quantitative estimate of drug-likeness (QED) is 0.459. The lowest BCUT2D eigenvalue weighted by atomic mass is 10.1. The van der Waals surface area contributed by atoms with Crippen LogP contribution in [0.25, 0.3) is 0 Å². The van der Waals surface area contributed by atoms with Gasteiger partial charge in [-0.1, -0.05) is 35.0 Å². The summed E-state index contributed by atoms with van der Waals surface area (Å²) in [6, 6.07) is 11.5. The molecule has 2 aromatic carbocycles. The maximum atomic E-state index is 13.5. The Balaban J connectivity index is 2.40. The number of halogens is 1. The van der Waals surface area contributed by atoms with Crippen LogP contribution in [0.2, 0.25) is 0 Å². The Kier molecular flexibility index (Phi) is 9.93. The van der Waals surface area contributed by atoms with E-state index in [4.69, 9.17) is 4.74 Å². The lowest BCUT2D eigenvalue weighted by molar-refractivity contribution is -0.139. The molecule has 0 spiro atoms. The van der Waals surface area contributed by atoms with E-state index >= 15 is 0 Å². The normalized spacial score (nSPS) is 12.1. The topological polar surface area (TPSA) is 96.0 Å². The molecular weight excluding hydrogens is 522 g/mol. The Morgan fingerprint density at radius 3 is 2.47 bits per heavy atom. The third-order valence-electron chi connectivity index (χ3n) is 5.31. The molecule has 34 heavy (non-hydrogen) atoms. The van der Waals surface area contributed by atoms with Gasteiger partial charge in [0.25, 0.3) is 0 Å². The summed E-state index contributed by atoms with van der Waals surface area (Å²) in [4.78, 5) is 27.6. The molecule has 0 fully saturated rings. The molecule has 1 atom stereocenters. The van der Waals surface area contributed by atoms with Crippen LogP contribution in [0, 0.1) is 6.92 Å². The van der Waals surface area contributed by atoms with Crippen molar-refractivity contribution in [2.24, 2.45) is 0 Å². The van der Waals surface area contributed by atoms with Gasteiger partial charge in [0.05, 0.1) is 19.1 Å². The van der Waals surface area contributed by atoms with Crippen molar-refractivity contribution in [2.45, 2.75) is 39.8 Å². The van der Waals surface area contributed by atoms with E-state index in [0.29, 0.717) is 18.0 Å². The van der Waals surface area contributed by atoms with Crippen LogP contribution in [0.3, 0.4) is 0 Å².